The third-order valence-electron chi connectivity index (χ3n) is 1.82. The van der Waals surface area contributed by atoms with Gasteiger partial charge in [0.2, 0.25) is 5.96 Å². The molecule has 0 aliphatic heterocycles. The Morgan fingerprint density at radius 1 is 1.21 bits per heavy atom. The predicted molar refractivity (Wildman–Crippen MR) is 67.9 cm³/mol. The van der Waals surface area contributed by atoms with Crippen molar-refractivity contribution in [2.24, 2.45) is 21.7 Å². The third kappa shape index (κ3) is 7.96. The van der Waals surface area contributed by atoms with E-state index >= 15 is 0 Å². The van der Waals surface area contributed by atoms with Crippen molar-refractivity contribution >= 4 is 11.7 Å². The monoisotopic (exact) mass is 270 g/mol. The van der Waals surface area contributed by atoms with Crippen molar-refractivity contribution in [1.29, 1.82) is 0 Å². The Morgan fingerprint density at radius 2 is 1.68 bits per heavy atom. The number of phenolic OH excluding ortho intramolecular Hbond substituents is 1. The summed E-state index contributed by atoms with van der Waals surface area (Å²) in [5.74, 6) is 0.149. The SMILES string of the molecule is CC/C(=N\N=C(N)N)c1ccc(O)cc1.O=[N+](O)O. The molecule has 19 heavy (non-hydrogen) atoms. The van der Waals surface area contributed by atoms with Crippen molar-refractivity contribution in [3.63, 3.8) is 0 Å². The summed E-state index contributed by atoms with van der Waals surface area (Å²) in [5, 5.41) is 29.2. The van der Waals surface area contributed by atoms with Crippen LogP contribution in [0, 0.1) is 4.91 Å². The zero-order valence-electron chi connectivity index (χ0n) is 10.3. The van der Waals surface area contributed by atoms with Crippen molar-refractivity contribution in [3.8, 4) is 5.75 Å². The number of guanidine groups is 1. The van der Waals surface area contributed by atoms with Crippen LogP contribution in [0.4, 0.5) is 0 Å². The molecular formula is C10H16N5O4+. The van der Waals surface area contributed by atoms with Crippen LogP contribution in [0.3, 0.4) is 0 Å². The van der Waals surface area contributed by atoms with E-state index in [0.717, 1.165) is 11.3 Å². The maximum absolute atomic E-state index is 9.12. The molecule has 0 radical (unpaired) electrons. The molecule has 0 bridgehead atoms. The molecule has 0 spiro atoms. The molecule has 0 saturated heterocycles. The minimum atomic E-state index is -1.25. The van der Waals surface area contributed by atoms with Gasteiger partial charge in [-0.3, -0.25) is 0 Å². The van der Waals surface area contributed by atoms with Gasteiger partial charge in [0.15, 0.2) is 0 Å². The maximum atomic E-state index is 9.12. The van der Waals surface area contributed by atoms with Crippen LogP contribution in [0.1, 0.15) is 18.9 Å². The summed E-state index contributed by atoms with van der Waals surface area (Å²) in [6.07, 6.45) is 0.710. The second-order valence-corrected chi connectivity index (χ2v) is 3.22. The normalized spacial score (nSPS) is 10.1. The lowest BCUT2D eigenvalue weighted by Crippen LogP contribution is -2.22. The van der Waals surface area contributed by atoms with Crippen LogP contribution in [-0.2, 0) is 0 Å². The summed E-state index contributed by atoms with van der Waals surface area (Å²) in [4.78, 5) is 8.47. The first-order chi connectivity index (χ1) is 8.86. The number of hydrogen-bond donors (Lipinski definition) is 5. The number of hydrogen-bond acceptors (Lipinski definition) is 4. The summed E-state index contributed by atoms with van der Waals surface area (Å²) in [6, 6.07) is 6.71. The molecule has 0 aliphatic carbocycles. The van der Waals surface area contributed by atoms with E-state index in [1.165, 1.54) is 0 Å². The molecule has 0 unspecified atom stereocenters. The Bertz CT molecular complexity index is 461. The summed E-state index contributed by atoms with van der Waals surface area (Å²) < 4.78 is 0. The first-order valence-electron chi connectivity index (χ1n) is 5.16. The topological polar surface area (TPSA) is 158 Å². The third-order valence-corrected chi connectivity index (χ3v) is 1.82. The van der Waals surface area contributed by atoms with Crippen LogP contribution in [0.5, 0.6) is 5.75 Å². The smallest absolute Gasteiger partial charge is 0.472 e. The number of rotatable bonds is 3. The average Bonchev–Trinajstić information content (AvgIpc) is 2.31. The fourth-order valence-electron chi connectivity index (χ4n) is 1.10. The van der Waals surface area contributed by atoms with E-state index in [9.17, 15) is 0 Å². The molecule has 9 heteroatoms. The van der Waals surface area contributed by atoms with Gasteiger partial charge in [0, 0.05) is 0 Å². The highest BCUT2D eigenvalue weighted by molar-refractivity contribution is 6.00. The second-order valence-electron chi connectivity index (χ2n) is 3.22. The summed E-state index contributed by atoms with van der Waals surface area (Å²) in [7, 11) is 0. The van der Waals surface area contributed by atoms with Crippen LogP contribution in [0.25, 0.3) is 0 Å². The standard InChI is InChI=1S/C10H14N4O.H2NO3/c1-2-9(13-14-10(11)12)7-3-5-8(15)6-4-7;2-1(3)4/h3-6,15H,2H2,1H3,(H4,11,12,14);(H2,2,3,4)/q;+1/b13-9+;. The minimum Gasteiger partial charge on any atom is -0.508 e. The largest absolute Gasteiger partial charge is 0.508 e. The highest BCUT2D eigenvalue weighted by Gasteiger charge is 2.00. The van der Waals surface area contributed by atoms with Gasteiger partial charge in [0.1, 0.15) is 10.7 Å². The van der Waals surface area contributed by atoms with Gasteiger partial charge in [-0.25, -0.2) is 10.4 Å². The highest BCUT2D eigenvalue weighted by atomic mass is 16.9. The van der Waals surface area contributed by atoms with Gasteiger partial charge >= 0.3 is 5.09 Å². The molecule has 0 aliphatic rings. The van der Waals surface area contributed by atoms with Crippen molar-refractivity contribution in [1.82, 2.24) is 0 Å². The van der Waals surface area contributed by atoms with Gasteiger partial charge in [0.25, 0.3) is 0 Å². The molecule has 0 saturated carbocycles. The number of aromatic hydroxyl groups is 1. The minimum absolute atomic E-state index is 0.0697. The van der Waals surface area contributed by atoms with E-state index in [-0.39, 0.29) is 11.7 Å². The Balaban J connectivity index is 0.000000711. The molecule has 1 rings (SSSR count). The van der Waals surface area contributed by atoms with Crippen molar-refractivity contribution in [3.05, 3.63) is 34.7 Å². The van der Waals surface area contributed by atoms with E-state index in [2.05, 4.69) is 10.2 Å². The number of phenols is 1. The second kappa shape index (κ2) is 8.28. The van der Waals surface area contributed by atoms with Gasteiger partial charge in [-0.15, -0.1) is 5.10 Å². The van der Waals surface area contributed by atoms with Crippen molar-refractivity contribution in [2.75, 3.05) is 0 Å². The van der Waals surface area contributed by atoms with E-state index in [1.807, 2.05) is 6.92 Å². The summed E-state index contributed by atoms with van der Waals surface area (Å²) >= 11 is 0. The van der Waals surface area contributed by atoms with Gasteiger partial charge in [-0.05, 0) is 36.2 Å². The van der Waals surface area contributed by atoms with Gasteiger partial charge in [0.05, 0.1) is 5.71 Å². The number of nitrogens with two attached hydrogens (primary N) is 2. The fourth-order valence-corrected chi connectivity index (χ4v) is 1.10. The molecule has 104 valence electrons. The Kier molecular flexibility index (Phi) is 7.04. The summed E-state index contributed by atoms with van der Waals surface area (Å²) in [5.41, 5.74) is 12.0. The molecule has 0 heterocycles. The van der Waals surface area contributed by atoms with Crippen LogP contribution < -0.4 is 11.5 Å². The first kappa shape index (κ1) is 16.2. The lowest BCUT2D eigenvalue weighted by atomic mass is 10.1. The zero-order chi connectivity index (χ0) is 14.8. The molecule has 7 N–H and O–H groups in total. The Morgan fingerprint density at radius 3 is 2.05 bits per heavy atom. The zero-order valence-corrected chi connectivity index (χ0v) is 10.3. The molecule has 0 amide bonds. The predicted octanol–water partition coefficient (Wildman–Crippen LogP) is 0.323. The Hall–Kier alpha value is -2.84. The van der Waals surface area contributed by atoms with E-state index in [0.29, 0.717) is 6.42 Å². The lowest BCUT2D eigenvalue weighted by Gasteiger charge is -2.01. The fraction of sp³-hybridized carbons (Fsp3) is 0.200. The average molecular weight is 270 g/mol. The molecular weight excluding hydrogens is 254 g/mol. The molecule has 1 aromatic carbocycles. The van der Waals surface area contributed by atoms with Crippen molar-refractivity contribution in [2.45, 2.75) is 13.3 Å². The van der Waals surface area contributed by atoms with E-state index < -0.39 is 5.09 Å². The van der Waals surface area contributed by atoms with Crippen molar-refractivity contribution < 1.29 is 20.6 Å². The molecule has 1 aromatic rings. The number of nitrogens with zero attached hydrogens (tertiary/aromatic N) is 3. The van der Waals surface area contributed by atoms with Gasteiger partial charge in [-0.2, -0.15) is 5.10 Å². The summed E-state index contributed by atoms with van der Waals surface area (Å²) in [6.45, 7) is 1.95. The quantitative estimate of drug-likeness (QED) is 0.302. The highest BCUT2D eigenvalue weighted by Crippen LogP contribution is 2.11. The lowest BCUT2D eigenvalue weighted by molar-refractivity contribution is -0.969. The molecule has 0 atom stereocenters. The number of benzene rings is 1. The van der Waals surface area contributed by atoms with Crippen LogP contribution >= 0.6 is 0 Å². The molecule has 9 nitrogen and oxygen atoms in total. The maximum Gasteiger partial charge on any atom is 0.472 e. The van der Waals surface area contributed by atoms with Crippen LogP contribution in [-0.4, -0.2) is 32.3 Å². The van der Waals surface area contributed by atoms with Crippen LogP contribution in [0.15, 0.2) is 34.5 Å². The van der Waals surface area contributed by atoms with Crippen LogP contribution in [0.2, 0.25) is 0 Å². The molecule has 0 aromatic heterocycles. The van der Waals surface area contributed by atoms with Gasteiger partial charge in [-0.1, -0.05) is 6.92 Å². The molecule has 0 fully saturated rings. The Labute approximate surface area is 109 Å². The van der Waals surface area contributed by atoms with Gasteiger partial charge < -0.3 is 16.6 Å². The van der Waals surface area contributed by atoms with E-state index in [4.69, 9.17) is 31.9 Å². The van der Waals surface area contributed by atoms with E-state index in [1.54, 1.807) is 24.3 Å². The first-order valence-corrected chi connectivity index (χ1v) is 5.16.